The van der Waals surface area contributed by atoms with Crippen LogP contribution in [0.25, 0.3) is 0 Å². The van der Waals surface area contributed by atoms with Crippen molar-refractivity contribution in [3.05, 3.63) is 75.8 Å². The van der Waals surface area contributed by atoms with E-state index in [0.717, 1.165) is 24.3 Å². The van der Waals surface area contributed by atoms with E-state index in [2.05, 4.69) is 0 Å². The minimum absolute atomic E-state index is 0.0795. The van der Waals surface area contributed by atoms with Gasteiger partial charge in [0.2, 0.25) is 0 Å². The fourth-order valence-electron chi connectivity index (χ4n) is 1.81. The molecule has 2 rings (SSSR count). The second-order valence-corrected chi connectivity index (χ2v) is 4.24. The van der Waals surface area contributed by atoms with Gasteiger partial charge in [-0.1, -0.05) is 30.3 Å². The molecule has 0 fully saturated rings. The van der Waals surface area contributed by atoms with Crippen LogP contribution in [0.3, 0.4) is 0 Å². The Balaban J connectivity index is 2.32. The highest BCUT2D eigenvalue weighted by Gasteiger charge is 2.41. The normalized spacial score (nSPS) is 12.9. The number of halogens is 2. The van der Waals surface area contributed by atoms with E-state index < -0.39 is 22.5 Å². The topological polar surface area (TPSA) is 63.4 Å². The molecule has 0 amide bonds. The molecule has 0 aromatic heterocycles. The first kappa shape index (κ1) is 14.1. The highest BCUT2D eigenvalue weighted by Crippen LogP contribution is 2.40. The number of non-ortho nitro benzene ring substituents is 1. The van der Waals surface area contributed by atoms with Crippen molar-refractivity contribution in [1.82, 2.24) is 0 Å². The van der Waals surface area contributed by atoms with Crippen molar-refractivity contribution < 1.29 is 18.8 Å². The van der Waals surface area contributed by atoms with Crippen LogP contribution in [0, 0.1) is 10.1 Å². The third kappa shape index (κ3) is 2.65. The number of aliphatic hydroxyl groups is 1. The number of nitrogens with zero attached hydrogens (tertiary/aromatic N) is 1. The highest BCUT2D eigenvalue weighted by atomic mass is 19.3. The Morgan fingerprint density at radius 3 is 2.10 bits per heavy atom. The molecule has 6 heteroatoms. The number of nitro groups is 1. The minimum atomic E-state index is -3.53. The van der Waals surface area contributed by atoms with Crippen LogP contribution in [-0.2, 0) is 5.92 Å². The molecule has 0 aliphatic rings. The number of hydrogen-bond acceptors (Lipinski definition) is 3. The van der Waals surface area contributed by atoms with E-state index in [9.17, 15) is 24.0 Å². The van der Waals surface area contributed by atoms with E-state index in [1.807, 2.05) is 0 Å². The standard InChI is InChI=1S/C14H11F2NO3/c15-14(16,13(18)10-4-2-1-3-5-10)11-6-8-12(9-7-11)17(19)20/h1-9,13,18H. The molecule has 1 unspecified atom stereocenters. The Kier molecular flexibility index (Phi) is 3.76. The monoisotopic (exact) mass is 279 g/mol. The van der Waals surface area contributed by atoms with Crippen molar-refractivity contribution in [3.63, 3.8) is 0 Å². The number of benzene rings is 2. The largest absolute Gasteiger partial charge is 0.382 e. The molecule has 0 saturated heterocycles. The van der Waals surface area contributed by atoms with Crippen molar-refractivity contribution in [2.75, 3.05) is 0 Å². The second-order valence-electron chi connectivity index (χ2n) is 4.24. The molecule has 1 N–H and O–H groups in total. The van der Waals surface area contributed by atoms with Gasteiger partial charge in [0.1, 0.15) is 6.10 Å². The average molecular weight is 279 g/mol. The quantitative estimate of drug-likeness (QED) is 0.689. The van der Waals surface area contributed by atoms with E-state index >= 15 is 0 Å². The first-order valence-corrected chi connectivity index (χ1v) is 5.78. The fraction of sp³-hybridized carbons (Fsp3) is 0.143. The van der Waals surface area contributed by atoms with Crippen molar-refractivity contribution in [2.45, 2.75) is 12.0 Å². The lowest BCUT2D eigenvalue weighted by Gasteiger charge is -2.23. The van der Waals surface area contributed by atoms with Crippen molar-refractivity contribution in [1.29, 1.82) is 0 Å². The first-order valence-electron chi connectivity index (χ1n) is 5.78. The Hall–Kier alpha value is -2.34. The van der Waals surface area contributed by atoms with Crippen molar-refractivity contribution in [3.8, 4) is 0 Å². The summed E-state index contributed by atoms with van der Waals surface area (Å²) in [5.74, 6) is -3.53. The van der Waals surface area contributed by atoms with Gasteiger partial charge in [0, 0.05) is 17.7 Å². The predicted molar refractivity (Wildman–Crippen MR) is 68.4 cm³/mol. The van der Waals surface area contributed by atoms with Crippen LogP contribution < -0.4 is 0 Å². The van der Waals surface area contributed by atoms with Gasteiger partial charge in [-0.2, -0.15) is 8.78 Å². The number of rotatable bonds is 4. The molecule has 4 nitrogen and oxygen atoms in total. The molecule has 20 heavy (non-hydrogen) atoms. The van der Waals surface area contributed by atoms with Crippen LogP contribution in [0.1, 0.15) is 17.2 Å². The molecule has 0 aliphatic carbocycles. The summed E-state index contributed by atoms with van der Waals surface area (Å²) in [6.07, 6.45) is -2.01. The number of hydrogen-bond donors (Lipinski definition) is 1. The lowest BCUT2D eigenvalue weighted by Crippen LogP contribution is -2.23. The molecule has 2 aromatic rings. The summed E-state index contributed by atoms with van der Waals surface area (Å²) in [5.41, 5.74) is -0.672. The molecule has 104 valence electrons. The van der Waals surface area contributed by atoms with Gasteiger partial charge in [0.05, 0.1) is 4.92 Å². The number of alkyl halides is 2. The summed E-state index contributed by atoms with van der Waals surface area (Å²) in [6, 6.07) is 11.4. The Labute approximate surface area is 113 Å². The van der Waals surface area contributed by atoms with Gasteiger partial charge in [0.15, 0.2) is 0 Å². The fourth-order valence-corrected chi connectivity index (χ4v) is 1.81. The van der Waals surface area contributed by atoms with Gasteiger partial charge in [-0.3, -0.25) is 10.1 Å². The zero-order valence-corrected chi connectivity index (χ0v) is 10.2. The first-order chi connectivity index (χ1) is 9.43. The minimum Gasteiger partial charge on any atom is -0.382 e. The summed E-state index contributed by atoms with van der Waals surface area (Å²) in [7, 11) is 0. The molecule has 1 atom stereocenters. The van der Waals surface area contributed by atoms with Crippen molar-refractivity contribution in [2.24, 2.45) is 0 Å². The van der Waals surface area contributed by atoms with Gasteiger partial charge < -0.3 is 5.11 Å². The van der Waals surface area contributed by atoms with Gasteiger partial charge >= 0.3 is 5.92 Å². The maximum atomic E-state index is 14.1. The smallest absolute Gasteiger partial charge is 0.302 e. The lowest BCUT2D eigenvalue weighted by atomic mass is 9.97. The summed E-state index contributed by atoms with van der Waals surface area (Å²) in [4.78, 5) is 9.81. The van der Waals surface area contributed by atoms with Crippen LogP contribution >= 0.6 is 0 Å². The van der Waals surface area contributed by atoms with Crippen LogP contribution in [-0.4, -0.2) is 10.0 Å². The van der Waals surface area contributed by atoms with Gasteiger partial charge in [-0.25, -0.2) is 0 Å². The maximum absolute atomic E-state index is 14.1. The molecule has 0 radical (unpaired) electrons. The van der Waals surface area contributed by atoms with Gasteiger partial charge in [-0.15, -0.1) is 0 Å². The summed E-state index contributed by atoms with van der Waals surface area (Å²) < 4.78 is 28.3. The molecule has 0 saturated carbocycles. The molecule has 2 aromatic carbocycles. The molecular weight excluding hydrogens is 268 g/mol. The number of nitro benzene ring substituents is 1. The zero-order chi connectivity index (χ0) is 14.8. The van der Waals surface area contributed by atoms with Crippen molar-refractivity contribution >= 4 is 5.69 Å². The predicted octanol–water partition coefficient (Wildman–Crippen LogP) is 3.42. The van der Waals surface area contributed by atoms with Crippen LogP contribution in [0.5, 0.6) is 0 Å². The summed E-state index contributed by atoms with van der Waals surface area (Å²) >= 11 is 0. The lowest BCUT2D eigenvalue weighted by molar-refractivity contribution is -0.384. The average Bonchev–Trinajstić information content (AvgIpc) is 2.47. The van der Waals surface area contributed by atoms with Crippen LogP contribution in [0.2, 0.25) is 0 Å². The van der Waals surface area contributed by atoms with E-state index in [-0.39, 0.29) is 11.3 Å². The Morgan fingerprint density at radius 2 is 1.60 bits per heavy atom. The number of aliphatic hydroxyl groups excluding tert-OH is 1. The molecular formula is C14H11F2NO3. The summed E-state index contributed by atoms with van der Waals surface area (Å²) in [5, 5.41) is 20.3. The van der Waals surface area contributed by atoms with E-state index in [1.54, 1.807) is 18.2 Å². The Bertz CT molecular complexity index is 600. The third-order valence-electron chi connectivity index (χ3n) is 2.92. The highest BCUT2D eigenvalue weighted by molar-refractivity contribution is 5.36. The SMILES string of the molecule is O=[N+]([O-])c1ccc(C(F)(F)C(O)c2ccccc2)cc1. The zero-order valence-electron chi connectivity index (χ0n) is 10.2. The van der Waals surface area contributed by atoms with E-state index in [0.29, 0.717) is 0 Å². The van der Waals surface area contributed by atoms with Crippen LogP contribution in [0.15, 0.2) is 54.6 Å². The second kappa shape index (κ2) is 5.34. The molecule has 0 heterocycles. The molecule has 0 bridgehead atoms. The van der Waals surface area contributed by atoms with E-state index in [1.165, 1.54) is 12.1 Å². The van der Waals surface area contributed by atoms with Crippen LogP contribution in [0.4, 0.5) is 14.5 Å². The third-order valence-corrected chi connectivity index (χ3v) is 2.92. The molecule has 0 spiro atoms. The Morgan fingerprint density at radius 1 is 1.05 bits per heavy atom. The van der Waals surface area contributed by atoms with E-state index in [4.69, 9.17) is 0 Å². The van der Waals surface area contributed by atoms with Gasteiger partial charge in [0.25, 0.3) is 5.69 Å². The molecule has 0 aliphatic heterocycles. The maximum Gasteiger partial charge on any atom is 0.302 e. The summed E-state index contributed by atoms with van der Waals surface area (Å²) in [6.45, 7) is 0. The van der Waals surface area contributed by atoms with Gasteiger partial charge in [-0.05, 0) is 17.7 Å².